The summed E-state index contributed by atoms with van der Waals surface area (Å²) < 4.78 is 46.2. The second-order valence-corrected chi connectivity index (χ2v) is 8.41. The Hall–Kier alpha value is -4.60. The molecule has 0 radical (unpaired) electrons. The van der Waals surface area contributed by atoms with E-state index >= 15 is 0 Å². The summed E-state index contributed by atoms with van der Waals surface area (Å²) in [5, 5.41) is 0. The van der Waals surface area contributed by atoms with Gasteiger partial charge < -0.3 is 4.74 Å². The number of esters is 1. The van der Waals surface area contributed by atoms with Crippen LogP contribution in [0.1, 0.15) is 41.2 Å². The molecule has 4 rings (SSSR count). The van der Waals surface area contributed by atoms with Gasteiger partial charge in [0.15, 0.2) is 5.92 Å². The van der Waals surface area contributed by atoms with E-state index in [1.54, 1.807) is 55.5 Å². The van der Waals surface area contributed by atoms with Crippen molar-refractivity contribution in [3.63, 3.8) is 0 Å². The lowest BCUT2D eigenvalue weighted by molar-refractivity contribution is -0.153. The molecule has 1 amide bonds. The van der Waals surface area contributed by atoms with Crippen LogP contribution in [0.5, 0.6) is 0 Å². The van der Waals surface area contributed by atoms with Crippen molar-refractivity contribution in [3.05, 3.63) is 120 Å². The Morgan fingerprint density at radius 2 is 1.61 bits per heavy atom. The minimum absolute atomic E-state index is 0.0757. The van der Waals surface area contributed by atoms with Crippen molar-refractivity contribution >= 4 is 17.7 Å². The van der Waals surface area contributed by atoms with E-state index < -0.39 is 35.6 Å². The van der Waals surface area contributed by atoms with Crippen LogP contribution in [0.25, 0.3) is 0 Å². The van der Waals surface area contributed by atoms with E-state index in [2.05, 4.69) is 15.0 Å². The lowest BCUT2D eigenvalue weighted by Gasteiger charge is -2.27. The molecule has 0 saturated carbocycles. The summed E-state index contributed by atoms with van der Waals surface area (Å²) in [6, 6.07) is 17.8. The Morgan fingerprint density at radius 3 is 2.26 bits per heavy atom. The molecule has 2 unspecified atom stereocenters. The van der Waals surface area contributed by atoms with Crippen LogP contribution in [0.2, 0.25) is 0 Å². The van der Waals surface area contributed by atoms with Crippen LogP contribution < -0.4 is 4.90 Å². The number of amides is 1. The van der Waals surface area contributed by atoms with Crippen molar-refractivity contribution in [1.29, 1.82) is 0 Å². The number of carbonyl (C=O) groups excluding carboxylic acids is 2. The molecule has 2 heterocycles. The van der Waals surface area contributed by atoms with Gasteiger partial charge in [-0.1, -0.05) is 54.6 Å². The van der Waals surface area contributed by atoms with Crippen LogP contribution >= 0.6 is 0 Å². The predicted octanol–water partition coefficient (Wildman–Crippen LogP) is 5.51. The number of anilines is 1. The summed E-state index contributed by atoms with van der Waals surface area (Å²) in [5.74, 6) is -3.30. The Labute approximate surface area is 217 Å². The highest BCUT2D eigenvalue weighted by Gasteiger charge is 2.38. The van der Waals surface area contributed by atoms with E-state index in [9.17, 15) is 22.8 Å². The molecule has 7 nitrogen and oxygen atoms in total. The molecule has 38 heavy (non-hydrogen) atoms. The first-order valence-electron chi connectivity index (χ1n) is 11.6. The van der Waals surface area contributed by atoms with Crippen molar-refractivity contribution in [2.45, 2.75) is 31.7 Å². The predicted molar refractivity (Wildman–Crippen MR) is 133 cm³/mol. The van der Waals surface area contributed by atoms with Gasteiger partial charge in [0.05, 0.1) is 12.1 Å². The van der Waals surface area contributed by atoms with Gasteiger partial charge in [0.1, 0.15) is 18.2 Å². The molecule has 0 bridgehead atoms. The van der Waals surface area contributed by atoms with Crippen molar-refractivity contribution in [3.8, 4) is 0 Å². The van der Waals surface area contributed by atoms with Gasteiger partial charge in [-0.15, -0.1) is 0 Å². The number of hydrogen-bond acceptors (Lipinski definition) is 6. The quantitative estimate of drug-likeness (QED) is 0.225. The number of hydrogen-bond donors (Lipinski definition) is 0. The molecule has 0 aliphatic rings. The Kier molecular flexibility index (Phi) is 8.10. The van der Waals surface area contributed by atoms with Gasteiger partial charge in [-0.2, -0.15) is 13.2 Å². The maximum Gasteiger partial charge on any atom is 0.416 e. The molecule has 2 aromatic carbocycles. The first kappa shape index (κ1) is 26.5. The Morgan fingerprint density at radius 1 is 0.921 bits per heavy atom. The van der Waals surface area contributed by atoms with Gasteiger partial charge in [-0.3, -0.25) is 14.5 Å². The van der Waals surface area contributed by atoms with E-state index in [0.29, 0.717) is 11.1 Å². The van der Waals surface area contributed by atoms with Crippen LogP contribution in [0.4, 0.5) is 19.0 Å². The molecule has 194 valence electrons. The zero-order valence-electron chi connectivity index (χ0n) is 20.2. The van der Waals surface area contributed by atoms with Crippen LogP contribution in [-0.2, 0) is 27.0 Å². The fraction of sp³-hybridized carbons (Fsp3) is 0.179. The van der Waals surface area contributed by atoms with Crippen LogP contribution in [0, 0.1) is 0 Å². The van der Waals surface area contributed by atoms with E-state index in [1.165, 1.54) is 35.9 Å². The summed E-state index contributed by atoms with van der Waals surface area (Å²) >= 11 is 0. The second kappa shape index (κ2) is 11.6. The number of nitrogens with zero attached hydrogens (tertiary/aromatic N) is 4. The standard InChI is InChI=1S/C28H23F3N4O3/c1-19(21-8-3-2-4-9-21)38-27(37)25(22-10-7-11-23(14-22)28(29,30)31)26(36)35(24-12-5-6-13-34-24)17-20-15-32-18-33-16-20/h2-16,18-19,25H,17H2,1H3. The largest absolute Gasteiger partial charge is 0.457 e. The minimum Gasteiger partial charge on any atom is -0.457 e. The number of aromatic nitrogens is 3. The van der Waals surface area contributed by atoms with Crippen molar-refractivity contribution in [2.24, 2.45) is 0 Å². The van der Waals surface area contributed by atoms with Crippen LogP contribution in [-0.4, -0.2) is 26.8 Å². The molecule has 0 N–H and O–H groups in total. The van der Waals surface area contributed by atoms with Crippen LogP contribution in [0.15, 0.2) is 97.7 Å². The van der Waals surface area contributed by atoms with Crippen molar-refractivity contribution < 1.29 is 27.5 Å². The fourth-order valence-corrected chi connectivity index (χ4v) is 3.84. The Bertz CT molecular complexity index is 1370. The number of carbonyl (C=O) groups is 2. The van der Waals surface area contributed by atoms with Gasteiger partial charge in [-0.05, 0) is 36.2 Å². The van der Waals surface area contributed by atoms with E-state index in [1.807, 2.05) is 0 Å². The lowest BCUT2D eigenvalue weighted by Crippen LogP contribution is -2.39. The fourth-order valence-electron chi connectivity index (χ4n) is 3.84. The summed E-state index contributed by atoms with van der Waals surface area (Å²) in [7, 11) is 0. The molecule has 10 heteroatoms. The zero-order valence-corrected chi connectivity index (χ0v) is 20.2. The summed E-state index contributed by atoms with van der Waals surface area (Å²) in [4.78, 5) is 40.9. The SMILES string of the molecule is CC(OC(=O)C(C(=O)N(Cc1cncnc1)c1ccccn1)c1cccc(C(F)(F)F)c1)c1ccccc1. The highest BCUT2D eigenvalue weighted by molar-refractivity contribution is 6.10. The number of pyridine rings is 1. The molecule has 2 aromatic heterocycles. The van der Waals surface area contributed by atoms with Crippen LogP contribution in [0.3, 0.4) is 0 Å². The molecular weight excluding hydrogens is 497 g/mol. The van der Waals surface area contributed by atoms with E-state index in [0.717, 1.165) is 18.2 Å². The van der Waals surface area contributed by atoms with Gasteiger partial charge in [0.25, 0.3) is 0 Å². The van der Waals surface area contributed by atoms with Gasteiger partial charge in [0.2, 0.25) is 5.91 Å². The molecule has 0 fully saturated rings. The maximum absolute atomic E-state index is 14.0. The second-order valence-electron chi connectivity index (χ2n) is 8.41. The molecule has 0 saturated heterocycles. The first-order valence-corrected chi connectivity index (χ1v) is 11.6. The number of rotatable bonds is 8. The van der Waals surface area contributed by atoms with Crippen molar-refractivity contribution in [2.75, 3.05) is 4.90 Å². The molecule has 0 aliphatic heterocycles. The number of alkyl halides is 3. The van der Waals surface area contributed by atoms with Crippen molar-refractivity contribution in [1.82, 2.24) is 15.0 Å². The number of ether oxygens (including phenoxy) is 1. The summed E-state index contributed by atoms with van der Waals surface area (Å²) in [6.07, 6.45) is 0.343. The number of halogens is 3. The third-order valence-electron chi connectivity index (χ3n) is 5.74. The first-order chi connectivity index (χ1) is 18.2. The summed E-state index contributed by atoms with van der Waals surface area (Å²) in [5.41, 5.74) is 0.0531. The summed E-state index contributed by atoms with van der Waals surface area (Å²) in [6.45, 7) is 1.55. The average molecular weight is 521 g/mol. The van der Waals surface area contributed by atoms with Gasteiger partial charge >= 0.3 is 12.1 Å². The zero-order chi connectivity index (χ0) is 27.1. The molecule has 4 aromatic rings. The highest BCUT2D eigenvalue weighted by atomic mass is 19.4. The van der Waals surface area contributed by atoms with Gasteiger partial charge in [-0.25, -0.2) is 15.0 Å². The van der Waals surface area contributed by atoms with E-state index in [4.69, 9.17) is 4.74 Å². The normalized spacial score (nSPS) is 12.8. The molecule has 0 aliphatic carbocycles. The minimum atomic E-state index is -4.67. The van der Waals surface area contributed by atoms with E-state index in [-0.39, 0.29) is 17.9 Å². The monoisotopic (exact) mass is 520 g/mol. The number of benzene rings is 2. The maximum atomic E-state index is 14.0. The average Bonchev–Trinajstić information content (AvgIpc) is 2.93. The third-order valence-corrected chi connectivity index (χ3v) is 5.74. The molecule has 2 atom stereocenters. The highest BCUT2D eigenvalue weighted by Crippen LogP contribution is 2.33. The molecular formula is C28H23F3N4O3. The molecule has 0 spiro atoms. The van der Waals surface area contributed by atoms with Gasteiger partial charge in [0, 0.05) is 24.2 Å². The Balaban J connectivity index is 1.76. The third kappa shape index (κ3) is 6.39. The smallest absolute Gasteiger partial charge is 0.416 e. The lowest BCUT2D eigenvalue weighted by atomic mass is 9.95. The topological polar surface area (TPSA) is 85.3 Å².